The SMILES string of the molecule is C=CCOCc1ccccc1C(c1ccccc1)N1CN(CC=C)C(=O)c2c(OCc3ccccc3)c(=O)ccn21. The maximum Gasteiger partial charge on any atom is 0.278 e. The van der Waals surface area contributed by atoms with Gasteiger partial charge < -0.3 is 14.4 Å². The van der Waals surface area contributed by atoms with Crippen molar-refractivity contribution < 1.29 is 14.3 Å². The predicted octanol–water partition coefficient (Wildman–Crippen LogP) is 5.46. The summed E-state index contributed by atoms with van der Waals surface area (Å²) in [7, 11) is 0. The molecule has 0 N–H and O–H groups in total. The lowest BCUT2D eigenvalue weighted by molar-refractivity contribution is 0.0697. The van der Waals surface area contributed by atoms with Crippen LogP contribution in [0, 0.1) is 0 Å². The zero-order chi connectivity index (χ0) is 28.6. The Morgan fingerprint density at radius 1 is 0.829 bits per heavy atom. The van der Waals surface area contributed by atoms with E-state index in [2.05, 4.69) is 36.4 Å². The van der Waals surface area contributed by atoms with Crippen LogP contribution in [-0.4, -0.2) is 35.3 Å². The number of carbonyl (C=O) groups is 1. The number of carbonyl (C=O) groups excluding carboxylic acids is 1. The zero-order valence-corrected chi connectivity index (χ0v) is 22.9. The number of hydrogen-bond acceptors (Lipinski definition) is 5. The van der Waals surface area contributed by atoms with Crippen molar-refractivity contribution in [3.63, 3.8) is 0 Å². The third kappa shape index (κ3) is 6.00. The van der Waals surface area contributed by atoms with Gasteiger partial charge in [0, 0.05) is 18.8 Å². The van der Waals surface area contributed by atoms with Crippen molar-refractivity contribution in [2.45, 2.75) is 19.3 Å². The van der Waals surface area contributed by atoms with Crippen LogP contribution >= 0.6 is 0 Å². The van der Waals surface area contributed by atoms with Gasteiger partial charge >= 0.3 is 0 Å². The molecule has 2 heterocycles. The molecule has 4 aromatic rings. The molecule has 1 amide bonds. The molecule has 0 radical (unpaired) electrons. The van der Waals surface area contributed by atoms with E-state index in [1.54, 1.807) is 27.9 Å². The minimum atomic E-state index is -0.351. The van der Waals surface area contributed by atoms with Crippen LogP contribution in [0.3, 0.4) is 0 Å². The van der Waals surface area contributed by atoms with Crippen LogP contribution in [0.25, 0.3) is 0 Å². The summed E-state index contributed by atoms with van der Waals surface area (Å²) in [6.07, 6.45) is 5.07. The van der Waals surface area contributed by atoms with Crippen LogP contribution < -0.4 is 15.2 Å². The maximum atomic E-state index is 13.9. The number of rotatable bonds is 12. The molecule has 7 heteroatoms. The molecule has 1 aliphatic heterocycles. The highest BCUT2D eigenvalue weighted by Crippen LogP contribution is 2.34. The molecule has 1 atom stereocenters. The van der Waals surface area contributed by atoms with E-state index in [1.165, 1.54) is 6.07 Å². The third-order valence-electron chi connectivity index (χ3n) is 6.95. The summed E-state index contributed by atoms with van der Waals surface area (Å²) < 4.78 is 13.7. The van der Waals surface area contributed by atoms with E-state index in [1.807, 2.05) is 66.7 Å². The van der Waals surface area contributed by atoms with Gasteiger partial charge in [0.25, 0.3) is 5.91 Å². The van der Waals surface area contributed by atoms with Gasteiger partial charge in [-0.15, -0.1) is 13.2 Å². The van der Waals surface area contributed by atoms with E-state index >= 15 is 0 Å². The van der Waals surface area contributed by atoms with E-state index in [9.17, 15) is 9.59 Å². The highest BCUT2D eigenvalue weighted by molar-refractivity contribution is 5.96. The van der Waals surface area contributed by atoms with Gasteiger partial charge in [-0.1, -0.05) is 97.1 Å². The lowest BCUT2D eigenvalue weighted by Crippen LogP contribution is -2.55. The topological polar surface area (TPSA) is 64.0 Å². The highest BCUT2D eigenvalue weighted by Gasteiger charge is 2.37. The third-order valence-corrected chi connectivity index (χ3v) is 6.95. The molecule has 1 aliphatic rings. The van der Waals surface area contributed by atoms with Crippen molar-refractivity contribution in [1.29, 1.82) is 0 Å². The standard InChI is InChI=1S/C34H33N3O4/c1-3-20-35-25-37(31(27-15-9-6-10-16-27)29-18-12-11-17-28(29)24-40-22-4-2)36-21-19-30(38)33(32(36)34(35)39)41-23-26-13-7-5-8-14-26/h3-19,21,31H,1-2,20,22-25H2. The Morgan fingerprint density at radius 3 is 2.27 bits per heavy atom. The average molecular weight is 548 g/mol. The average Bonchev–Trinajstić information content (AvgIpc) is 3.01. The Hall–Kier alpha value is -4.88. The number of hydrogen-bond donors (Lipinski definition) is 0. The largest absolute Gasteiger partial charge is 0.482 e. The lowest BCUT2D eigenvalue weighted by atomic mass is 9.94. The number of fused-ring (bicyclic) bond motifs is 1. The van der Waals surface area contributed by atoms with Crippen LogP contribution in [-0.2, 0) is 18.0 Å². The minimum Gasteiger partial charge on any atom is -0.482 e. The Bertz CT molecular complexity index is 1570. The number of aromatic nitrogens is 1. The van der Waals surface area contributed by atoms with Crippen molar-refractivity contribution in [2.24, 2.45) is 0 Å². The fourth-order valence-corrected chi connectivity index (χ4v) is 5.08. The number of nitrogens with zero attached hydrogens (tertiary/aromatic N) is 3. The summed E-state index contributed by atoms with van der Waals surface area (Å²) in [5.41, 5.74) is 3.78. The van der Waals surface area contributed by atoms with Gasteiger partial charge in [0.2, 0.25) is 5.43 Å². The summed E-state index contributed by atoms with van der Waals surface area (Å²) >= 11 is 0. The molecule has 0 aliphatic carbocycles. The molecular formula is C34H33N3O4. The molecule has 0 saturated carbocycles. The molecule has 0 spiro atoms. The van der Waals surface area contributed by atoms with E-state index < -0.39 is 0 Å². The number of ether oxygens (including phenoxy) is 2. The number of amides is 1. The van der Waals surface area contributed by atoms with Gasteiger partial charge in [0.05, 0.1) is 19.3 Å². The highest BCUT2D eigenvalue weighted by atomic mass is 16.5. The zero-order valence-electron chi connectivity index (χ0n) is 22.9. The molecule has 0 saturated heterocycles. The van der Waals surface area contributed by atoms with Crippen molar-refractivity contribution >= 4 is 5.91 Å². The summed E-state index contributed by atoms with van der Waals surface area (Å²) in [4.78, 5) is 28.7. The fraction of sp³-hybridized carbons (Fsp3) is 0.176. The fourth-order valence-electron chi connectivity index (χ4n) is 5.08. The first-order valence-electron chi connectivity index (χ1n) is 13.5. The molecule has 7 nitrogen and oxygen atoms in total. The molecule has 1 aromatic heterocycles. The van der Waals surface area contributed by atoms with Crippen LogP contribution in [0.15, 0.2) is 127 Å². The summed E-state index contributed by atoms with van der Waals surface area (Å²) in [5.74, 6) is -0.272. The first kappa shape index (κ1) is 27.7. The van der Waals surface area contributed by atoms with Crippen molar-refractivity contribution in [1.82, 2.24) is 9.58 Å². The van der Waals surface area contributed by atoms with Gasteiger partial charge in [-0.25, -0.2) is 0 Å². The van der Waals surface area contributed by atoms with Gasteiger partial charge in [-0.05, 0) is 22.3 Å². The maximum absolute atomic E-state index is 13.9. The second-order valence-corrected chi connectivity index (χ2v) is 9.69. The van der Waals surface area contributed by atoms with Gasteiger partial charge in [-0.3, -0.25) is 19.3 Å². The molecule has 0 bridgehead atoms. The van der Waals surface area contributed by atoms with Crippen molar-refractivity contribution in [3.05, 3.63) is 161 Å². The number of benzene rings is 3. The summed E-state index contributed by atoms with van der Waals surface area (Å²) in [6.45, 7) is 9.19. The molecular weight excluding hydrogens is 514 g/mol. The summed E-state index contributed by atoms with van der Waals surface area (Å²) in [5, 5.41) is 2.08. The van der Waals surface area contributed by atoms with Crippen LogP contribution in [0.2, 0.25) is 0 Å². The monoisotopic (exact) mass is 547 g/mol. The predicted molar refractivity (Wildman–Crippen MR) is 160 cm³/mol. The Labute approximate surface area is 240 Å². The second kappa shape index (κ2) is 13.0. The van der Waals surface area contributed by atoms with Gasteiger partial charge in [0.1, 0.15) is 13.3 Å². The van der Waals surface area contributed by atoms with Crippen molar-refractivity contribution in [2.75, 3.05) is 24.8 Å². The van der Waals surface area contributed by atoms with Crippen molar-refractivity contribution in [3.8, 4) is 5.75 Å². The van der Waals surface area contributed by atoms with Gasteiger partial charge in [-0.2, -0.15) is 0 Å². The molecule has 1 unspecified atom stereocenters. The quantitative estimate of drug-likeness (QED) is 0.174. The Morgan fingerprint density at radius 2 is 1.54 bits per heavy atom. The molecule has 41 heavy (non-hydrogen) atoms. The first-order chi connectivity index (χ1) is 20.1. The Balaban J connectivity index is 1.66. The van der Waals surface area contributed by atoms with E-state index in [0.29, 0.717) is 19.8 Å². The van der Waals surface area contributed by atoms with E-state index in [4.69, 9.17) is 9.47 Å². The van der Waals surface area contributed by atoms with E-state index in [0.717, 1.165) is 22.3 Å². The Kier molecular flexibility index (Phi) is 8.76. The van der Waals surface area contributed by atoms with Crippen LogP contribution in [0.5, 0.6) is 5.75 Å². The summed E-state index contributed by atoms with van der Waals surface area (Å²) in [6, 6.07) is 28.9. The number of pyridine rings is 1. The van der Waals surface area contributed by atoms with Crippen LogP contribution in [0.4, 0.5) is 0 Å². The first-order valence-corrected chi connectivity index (χ1v) is 13.5. The van der Waals surface area contributed by atoms with Gasteiger partial charge in [0.15, 0.2) is 11.4 Å². The molecule has 5 rings (SSSR count). The second-order valence-electron chi connectivity index (χ2n) is 9.69. The smallest absolute Gasteiger partial charge is 0.278 e. The lowest BCUT2D eigenvalue weighted by Gasteiger charge is -2.44. The normalized spacial score (nSPS) is 13.4. The molecule has 0 fully saturated rings. The molecule has 3 aromatic carbocycles. The van der Waals surface area contributed by atoms with Crippen LogP contribution in [0.1, 0.15) is 38.8 Å². The minimum absolute atomic E-state index is 0.0227. The van der Waals surface area contributed by atoms with E-state index in [-0.39, 0.29) is 42.1 Å². The molecule has 208 valence electrons.